The van der Waals surface area contributed by atoms with E-state index in [-0.39, 0.29) is 17.2 Å². The molecule has 0 saturated heterocycles. The molecular weight excluding hydrogens is 272 g/mol. The van der Waals surface area contributed by atoms with Gasteiger partial charge in [0.25, 0.3) is 5.91 Å². The van der Waals surface area contributed by atoms with Gasteiger partial charge in [0.05, 0.1) is 22.6 Å². The molecule has 0 radical (unpaired) electrons. The van der Waals surface area contributed by atoms with Gasteiger partial charge in [-0.3, -0.25) is 9.48 Å². The first-order chi connectivity index (χ1) is 9.92. The zero-order valence-corrected chi connectivity index (χ0v) is 11.8. The standard InChI is InChI=1S/C14H16N4O3/c1-3-9-7-12(18(2)17-9)13(19)16-11-5-4-8(14(20)21)6-10(11)15/h4-7H,3,15H2,1-2H3,(H,16,19)(H,20,21). The minimum atomic E-state index is -1.07. The largest absolute Gasteiger partial charge is 0.478 e. The lowest BCUT2D eigenvalue weighted by atomic mass is 10.1. The normalized spacial score (nSPS) is 10.4. The van der Waals surface area contributed by atoms with E-state index in [1.807, 2.05) is 6.92 Å². The summed E-state index contributed by atoms with van der Waals surface area (Å²) >= 11 is 0. The molecule has 0 aliphatic rings. The van der Waals surface area contributed by atoms with Crippen LogP contribution < -0.4 is 11.1 Å². The molecule has 7 nitrogen and oxygen atoms in total. The number of nitrogens with zero attached hydrogens (tertiary/aromatic N) is 2. The summed E-state index contributed by atoms with van der Waals surface area (Å²) in [6, 6.07) is 5.86. The number of nitrogens with two attached hydrogens (primary N) is 1. The summed E-state index contributed by atoms with van der Waals surface area (Å²) in [5, 5.41) is 15.7. The van der Waals surface area contributed by atoms with Crippen LogP contribution in [-0.4, -0.2) is 26.8 Å². The van der Waals surface area contributed by atoms with Crippen molar-refractivity contribution in [3.8, 4) is 0 Å². The third-order valence-corrected chi connectivity index (χ3v) is 3.07. The summed E-state index contributed by atoms with van der Waals surface area (Å²) < 4.78 is 1.50. The van der Waals surface area contributed by atoms with Gasteiger partial charge in [-0.2, -0.15) is 5.10 Å². The number of anilines is 2. The molecule has 1 heterocycles. The number of rotatable bonds is 4. The van der Waals surface area contributed by atoms with Gasteiger partial charge in [0.1, 0.15) is 5.69 Å². The number of nitrogen functional groups attached to an aromatic ring is 1. The van der Waals surface area contributed by atoms with Crippen LogP contribution in [0.1, 0.15) is 33.5 Å². The highest BCUT2D eigenvalue weighted by Crippen LogP contribution is 2.21. The number of amides is 1. The Hall–Kier alpha value is -2.83. The SMILES string of the molecule is CCc1cc(C(=O)Nc2ccc(C(=O)O)cc2N)n(C)n1. The molecule has 0 fully saturated rings. The zero-order valence-electron chi connectivity index (χ0n) is 11.8. The number of carboxylic acids is 1. The molecule has 1 aromatic carbocycles. The molecule has 0 saturated carbocycles. The summed E-state index contributed by atoms with van der Waals surface area (Å²) in [6.07, 6.45) is 0.733. The van der Waals surface area contributed by atoms with Crippen LogP contribution in [0.25, 0.3) is 0 Å². The van der Waals surface area contributed by atoms with Crippen LogP contribution >= 0.6 is 0 Å². The maximum atomic E-state index is 12.2. The van der Waals surface area contributed by atoms with Crippen molar-refractivity contribution >= 4 is 23.3 Å². The average molecular weight is 288 g/mol. The van der Waals surface area contributed by atoms with E-state index in [2.05, 4.69) is 10.4 Å². The van der Waals surface area contributed by atoms with Crippen LogP contribution in [0, 0.1) is 0 Å². The van der Waals surface area contributed by atoms with Crippen LogP contribution in [0.3, 0.4) is 0 Å². The fourth-order valence-electron chi connectivity index (χ4n) is 1.91. The number of hydrogen-bond acceptors (Lipinski definition) is 4. The molecule has 110 valence electrons. The van der Waals surface area contributed by atoms with E-state index in [1.165, 1.54) is 22.9 Å². The fraction of sp³-hybridized carbons (Fsp3) is 0.214. The van der Waals surface area contributed by atoms with Crippen LogP contribution in [0.15, 0.2) is 24.3 Å². The first kappa shape index (κ1) is 14.6. The Morgan fingerprint density at radius 2 is 2.10 bits per heavy atom. The minimum absolute atomic E-state index is 0.0688. The van der Waals surface area contributed by atoms with Crippen molar-refractivity contribution in [1.82, 2.24) is 9.78 Å². The third-order valence-electron chi connectivity index (χ3n) is 3.07. The quantitative estimate of drug-likeness (QED) is 0.739. The number of aromatic carboxylic acids is 1. The van der Waals surface area contributed by atoms with Crippen molar-refractivity contribution < 1.29 is 14.7 Å². The van der Waals surface area contributed by atoms with E-state index in [0.717, 1.165) is 12.1 Å². The molecule has 0 spiro atoms. The summed E-state index contributed by atoms with van der Waals surface area (Å²) in [7, 11) is 1.69. The third kappa shape index (κ3) is 3.02. The van der Waals surface area contributed by atoms with Gasteiger partial charge in [0, 0.05) is 7.05 Å². The van der Waals surface area contributed by atoms with Gasteiger partial charge >= 0.3 is 5.97 Å². The number of benzene rings is 1. The van der Waals surface area contributed by atoms with Gasteiger partial charge in [-0.05, 0) is 30.7 Å². The first-order valence-electron chi connectivity index (χ1n) is 6.39. The van der Waals surface area contributed by atoms with Crippen molar-refractivity contribution in [1.29, 1.82) is 0 Å². The summed E-state index contributed by atoms with van der Waals surface area (Å²) in [6.45, 7) is 1.95. The average Bonchev–Trinajstić information content (AvgIpc) is 2.82. The van der Waals surface area contributed by atoms with Crippen molar-refractivity contribution in [3.63, 3.8) is 0 Å². The van der Waals surface area contributed by atoms with Gasteiger partial charge in [0.15, 0.2) is 0 Å². The Balaban J connectivity index is 2.23. The molecule has 4 N–H and O–H groups in total. The molecule has 0 bridgehead atoms. The van der Waals surface area contributed by atoms with Crippen molar-refractivity contribution in [2.75, 3.05) is 11.1 Å². The number of aryl methyl sites for hydroxylation is 2. The van der Waals surface area contributed by atoms with Gasteiger partial charge < -0.3 is 16.2 Å². The molecular formula is C14H16N4O3. The lowest BCUT2D eigenvalue weighted by Crippen LogP contribution is -2.17. The van der Waals surface area contributed by atoms with Crippen LogP contribution in [0.2, 0.25) is 0 Å². The fourth-order valence-corrected chi connectivity index (χ4v) is 1.91. The molecule has 2 rings (SSSR count). The van der Waals surface area contributed by atoms with E-state index in [1.54, 1.807) is 13.1 Å². The second-order valence-corrected chi connectivity index (χ2v) is 4.56. The van der Waals surface area contributed by atoms with Crippen LogP contribution in [0.5, 0.6) is 0 Å². The highest BCUT2D eigenvalue weighted by Gasteiger charge is 2.14. The summed E-state index contributed by atoms with van der Waals surface area (Å²) in [5.74, 6) is -1.42. The lowest BCUT2D eigenvalue weighted by molar-refractivity contribution is 0.0697. The van der Waals surface area contributed by atoms with Crippen molar-refractivity contribution in [3.05, 3.63) is 41.2 Å². The maximum absolute atomic E-state index is 12.2. The van der Waals surface area contributed by atoms with E-state index >= 15 is 0 Å². The van der Waals surface area contributed by atoms with E-state index in [4.69, 9.17) is 10.8 Å². The second-order valence-electron chi connectivity index (χ2n) is 4.56. The molecule has 0 aliphatic carbocycles. The molecule has 21 heavy (non-hydrogen) atoms. The molecule has 7 heteroatoms. The Morgan fingerprint density at radius 1 is 1.38 bits per heavy atom. The zero-order chi connectivity index (χ0) is 15.6. The summed E-state index contributed by atoms with van der Waals surface area (Å²) in [5.41, 5.74) is 7.61. The Kier molecular flexibility index (Phi) is 3.93. The number of carboxylic acid groups (broad SMARTS) is 1. The second kappa shape index (κ2) is 5.66. The number of hydrogen-bond donors (Lipinski definition) is 3. The predicted octanol–water partition coefficient (Wildman–Crippen LogP) is 1.52. The number of carbonyl (C=O) groups is 2. The number of nitrogens with one attached hydrogen (secondary N) is 1. The minimum Gasteiger partial charge on any atom is -0.478 e. The smallest absolute Gasteiger partial charge is 0.335 e. The van der Waals surface area contributed by atoms with Crippen LogP contribution in [0.4, 0.5) is 11.4 Å². The summed E-state index contributed by atoms with van der Waals surface area (Å²) in [4.78, 5) is 23.0. The molecule has 2 aromatic rings. The number of carbonyl (C=O) groups excluding carboxylic acids is 1. The van der Waals surface area contributed by atoms with Gasteiger partial charge in [-0.25, -0.2) is 4.79 Å². The molecule has 0 unspecified atom stereocenters. The monoisotopic (exact) mass is 288 g/mol. The molecule has 1 amide bonds. The maximum Gasteiger partial charge on any atom is 0.335 e. The Labute approximate surface area is 121 Å². The topological polar surface area (TPSA) is 110 Å². The van der Waals surface area contributed by atoms with E-state index in [9.17, 15) is 9.59 Å². The Morgan fingerprint density at radius 3 is 2.62 bits per heavy atom. The number of aromatic nitrogens is 2. The highest BCUT2D eigenvalue weighted by molar-refractivity contribution is 6.05. The van der Waals surface area contributed by atoms with Gasteiger partial charge in [-0.15, -0.1) is 0 Å². The van der Waals surface area contributed by atoms with E-state index in [0.29, 0.717) is 11.4 Å². The van der Waals surface area contributed by atoms with E-state index < -0.39 is 5.97 Å². The molecule has 1 aromatic heterocycles. The molecule has 0 atom stereocenters. The first-order valence-corrected chi connectivity index (χ1v) is 6.39. The van der Waals surface area contributed by atoms with Gasteiger partial charge in [-0.1, -0.05) is 6.92 Å². The predicted molar refractivity (Wildman–Crippen MR) is 78.4 cm³/mol. The van der Waals surface area contributed by atoms with Crippen molar-refractivity contribution in [2.45, 2.75) is 13.3 Å². The van der Waals surface area contributed by atoms with Crippen molar-refractivity contribution in [2.24, 2.45) is 7.05 Å². The molecule has 0 aliphatic heterocycles. The van der Waals surface area contributed by atoms with Gasteiger partial charge in [0.2, 0.25) is 0 Å². The van der Waals surface area contributed by atoms with Crippen LogP contribution in [-0.2, 0) is 13.5 Å². The lowest BCUT2D eigenvalue weighted by Gasteiger charge is -2.08. The Bertz CT molecular complexity index is 706. The highest BCUT2D eigenvalue weighted by atomic mass is 16.4.